The van der Waals surface area contributed by atoms with Gasteiger partial charge in [0.25, 0.3) is 0 Å². The van der Waals surface area contributed by atoms with E-state index >= 15 is 0 Å². The van der Waals surface area contributed by atoms with Gasteiger partial charge in [-0.2, -0.15) is 0 Å². The molecule has 46 heavy (non-hydrogen) atoms. The molecule has 1 saturated carbocycles. The molecular weight excluding hydrogens is 578 g/mol. The smallest absolute Gasteiger partial charge is 0.249 e. The van der Waals surface area contributed by atoms with Gasteiger partial charge in [-0.15, -0.1) is 0 Å². The summed E-state index contributed by atoms with van der Waals surface area (Å²) in [6.07, 6.45) is 14.2. The first-order chi connectivity index (χ1) is 21.6. The van der Waals surface area contributed by atoms with E-state index in [1.165, 1.54) is 19.3 Å². The Morgan fingerprint density at radius 1 is 0.783 bits per heavy atom. The number of nitrogens with zero attached hydrogens (tertiary/aromatic N) is 3. The van der Waals surface area contributed by atoms with E-state index in [-0.39, 0.29) is 53.7 Å². The second-order valence-corrected chi connectivity index (χ2v) is 15.9. The van der Waals surface area contributed by atoms with E-state index in [0.29, 0.717) is 18.5 Å². The molecule has 0 aromatic rings. The number of hydrogen-bond donors (Lipinski definition) is 2. The van der Waals surface area contributed by atoms with E-state index in [4.69, 9.17) is 0 Å². The van der Waals surface area contributed by atoms with Crippen LogP contribution in [0.1, 0.15) is 132 Å². The summed E-state index contributed by atoms with van der Waals surface area (Å²) in [7, 11) is 1.77. The normalized spacial score (nSPS) is 23.9. The molecule has 2 N–H and O–H groups in total. The first kappa shape index (κ1) is 38.0. The zero-order chi connectivity index (χ0) is 34.2. The Morgan fingerprint density at radius 2 is 1.37 bits per heavy atom. The fraction of sp³-hybridized carbons (Fsp3) is 0.838. The first-order valence-electron chi connectivity index (χ1n) is 18.3. The van der Waals surface area contributed by atoms with Crippen molar-refractivity contribution in [1.29, 1.82) is 0 Å². The second kappa shape index (κ2) is 17.1. The highest BCUT2D eigenvalue weighted by atomic mass is 16.2. The molecule has 0 bridgehead atoms. The lowest BCUT2D eigenvalue weighted by Gasteiger charge is -2.41. The minimum Gasteiger partial charge on any atom is -0.352 e. The fourth-order valence-electron chi connectivity index (χ4n) is 7.58. The summed E-state index contributed by atoms with van der Waals surface area (Å²) in [4.78, 5) is 60.7. The maximum atomic E-state index is 14.2. The van der Waals surface area contributed by atoms with E-state index in [0.717, 1.165) is 57.9 Å². The molecule has 2 saturated heterocycles. The van der Waals surface area contributed by atoms with Gasteiger partial charge in [0, 0.05) is 31.2 Å². The quantitative estimate of drug-likeness (QED) is 0.309. The van der Waals surface area contributed by atoms with Crippen LogP contribution in [0.2, 0.25) is 0 Å². The molecule has 0 aromatic carbocycles. The summed E-state index contributed by atoms with van der Waals surface area (Å²) in [5, 5.41) is 6.43. The van der Waals surface area contributed by atoms with Crippen molar-refractivity contribution in [3.63, 3.8) is 0 Å². The number of hydrogen-bond acceptors (Lipinski definition) is 5. The van der Waals surface area contributed by atoms with Gasteiger partial charge in [-0.1, -0.05) is 79.2 Å². The zero-order valence-corrected chi connectivity index (χ0v) is 30.5. The minimum atomic E-state index is -0.716. The standard InChI is InChI=1S/C37H65N5O4/c1-25(2)31(40(9)36(46)32(37(6,7)8)39-34(44)29-20-15-16-22-41(29)26(3)4)24-27(5)35(45)42-23-17-21-30(42)33(43)38-28-18-13-11-10-12-14-19-28/h24-26,28-32H,10-23H2,1-9H3,(H,38,43)(H,39,44)/b27-24+/t29?,30?,31-,32?/m1/s1. The topological polar surface area (TPSA) is 102 Å². The van der Waals surface area contributed by atoms with Gasteiger partial charge >= 0.3 is 0 Å². The van der Waals surface area contributed by atoms with Crippen LogP contribution in [0.5, 0.6) is 0 Å². The van der Waals surface area contributed by atoms with Crippen LogP contribution in [0.3, 0.4) is 0 Å². The van der Waals surface area contributed by atoms with Crippen molar-refractivity contribution < 1.29 is 19.2 Å². The number of nitrogens with one attached hydrogen (secondary N) is 2. The van der Waals surface area contributed by atoms with Crippen molar-refractivity contribution in [3.05, 3.63) is 11.6 Å². The third-order valence-corrected chi connectivity index (χ3v) is 10.4. The lowest BCUT2D eigenvalue weighted by atomic mass is 9.84. The molecule has 2 heterocycles. The van der Waals surface area contributed by atoms with E-state index in [1.54, 1.807) is 23.8 Å². The summed E-state index contributed by atoms with van der Waals surface area (Å²) in [6.45, 7) is 17.5. The summed E-state index contributed by atoms with van der Waals surface area (Å²) in [5.74, 6) is -0.403. The zero-order valence-electron chi connectivity index (χ0n) is 30.5. The molecule has 4 amide bonds. The van der Waals surface area contributed by atoms with Crippen molar-refractivity contribution in [1.82, 2.24) is 25.3 Å². The molecule has 2 aliphatic heterocycles. The predicted octanol–water partition coefficient (Wildman–Crippen LogP) is 5.43. The van der Waals surface area contributed by atoms with Gasteiger partial charge in [0.1, 0.15) is 12.1 Å². The Balaban J connectivity index is 1.74. The van der Waals surface area contributed by atoms with Crippen LogP contribution < -0.4 is 10.6 Å². The molecule has 4 atom stereocenters. The van der Waals surface area contributed by atoms with E-state index in [2.05, 4.69) is 29.4 Å². The van der Waals surface area contributed by atoms with Crippen LogP contribution in [0, 0.1) is 11.3 Å². The molecular formula is C37H65N5O4. The molecule has 9 heteroatoms. The number of likely N-dealkylation sites (N-methyl/N-ethyl adjacent to an activating group) is 1. The Bertz CT molecular complexity index is 1070. The van der Waals surface area contributed by atoms with E-state index < -0.39 is 17.5 Å². The van der Waals surface area contributed by atoms with Crippen LogP contribution in [-0.2, 0) is 19.2 Å². The van der Waals surface area contributed by atoms with Gasteiger partial charge < -0.3 is 20.4 Å². The average Bonchev–Trinajstić information content (AvgIpc) is 3.48. The number of rotatable bonds is 10. The Labute approximate surface area is 279 Å². The SMILES string of the molecule is C/C(=C\[C@H](C(C)C)N(C)C(=O)C(NC(=O)C1CCCCN1C(C)C)C(C)(C)C)C(=O)N1CCCC1C(=O)NC1CCCCCCC1. The van der Waals surface area contributed by atoms with Crippen LogP contribution in [0.4, 0.5) is 0 Å². The Morgan fingerprint density at radius 3 is 1.96 bits per heavy atom. The van der Waals surface area contributed by atoms with Crippen molar-refractivity contribution in [2.24, 2.45) is 11.3 Å². The maximum Gasteiger partial charge on any atom is 0.249 e. The summed E-state index contributed by atoms with van der Waals surface area (Å²) in [6, 6.07) is -1.33. The van der Waals surface area contributed by atoms with Gasteiger partial charge in [0.15, 0.2) is 0 Å². The van der Waals surface area contributed by atoms with Crippen LogP contribution >= 0.6 is 0 Å². The Hall–Kier alpha value is -2.42. The molecule has 9 nitrogen and oxygen atoms in total. The van der Waals surface area contributed by atoms with Crippen molar-refractivity contribution >= 4 is 23.6 Å². The number of carbonyl (C=O) groups is 4. The molecule has 1 aliphatic carbocycles. The monoisotopic (exact) mass is 644 g/mol. The fourth-order valence-corrected chi connectivity index (χ4v) is 7.58. The molecule has 3 rings (SSSR count). The maximum absolute atomic E-state index is 14.2. The van der Waals surface area contributed by atoms with Crippen molar-refractivity contribution in [2.45, 2.75) is 169 Å². The highest BCUT2D eigenvalue weighted by Crippen LogP contribution is 2.27. The number of piperidine rings is 1. The average molecular weight is 644 g/mol. The lowest BCUT2D eigenvalue weighted by molar-refractivity contribution is -0.142. The van der Waals surface area contributed by atoms with Crippen molar-refractivity contribution in [2.75, 3.05) is 20.1 Å². The van der Waals surface area contributed by atoms with Gasteiger partial charge in [0.2, 0.25) is 23.6 Å². The van der Waals surface area contributed by atoms with Crippen LogP contribution in [0.25, 0.3) is 0 Å². The third-order valence-electron chi connectivity index (χ3n) is 10.4. The highest BCUT2D eigenvalue weighted by molar-refractivity contribution is 5.97. The lowest BCUT2D eigenvalue weighted by Crippen LogP contribution is -2.60. The second-order valence-electron chi connectivity index (χ2n) is 15.9. The predicted molar refractivity (Wildman–Crippen MR) is 185 cm³/mol. The highest BCUT2D eigenvalue weighted by Gasteiger charge is 2.40. The molecule has 262 valence electrons. The number of likely N-dealkylation sites (tertiary alicyclic amines) is 2. The van der Waals surface area contributed by atoms with E-state index in [1.807, 2.05) is 40.7 Å². The van der Waals surface area contributed by atoms with Crippen molar-refractivity contribution in [3.8, 4) is 0 Å². The molecule has 3 aliphatic rings. The largest absolute Gasteiger partial charge is 0.352 e. The molecule has 0 spiro atoms. The molecule has 3 fully saturated rings. The number of carbonyl (C=O) groups excluding carboxylic acids is 4. The van der Waals surface area contributed by atoms with E-state index in [9.17, 15) is 19.2 Å². The molecule has 0 radical (unpaired) electrons. The molecule has 0 aromatic heterocycles. The van der Waals surface area contributed by atoms with Gasteiger partial charge in [-0.05, 0) is 77.2 Å². The van der Waals surface area contributed by atoms with Crippen LogP contribution in [0.15, 0.2) is 11.6 Å². The summed E-state index contributed by atoms with van der Waals surface area (Å²) in [5.41, 5.74) is 0.0243. The molecule has 3 unspecified atom stereocenters. The van der Waals surface area contributed by atoms with Gasteiger partial charge in [-0.3, -0.25) is 24.1 Å². The summed E-state index contributed by atoms with van der Waals surface area (Å²) >= 11 is 0. The van der Waals surface area contributed by atoms with Gasteiger partial charge in [-0.25, -0.2) is 0 Å². The van der Waals surface area contributed by atoms with Crippen LogP contribution in [-0.4, -0.2) is 94.7 Å². The van der Waals surface area contributed by atoms with Gasteiger partial charge in [0.05, 0.1) is 12.1 Å². The minimum absolute atomic E-state index is 0.0276. The third kappa shape index (κ3) is 10.0. The number of amides is 4. The first-order valence-corrected chi connectivity index (χ1v) is 18.3. The Kier molecular flexibility index (Phi) is 14.2. The summed E-state index contributed by atoms with van der Waals surface area (Å²) < 4.78 is 0.